The third kappa shape index (κ3) is 3.99. The highest BCUT2D eigenvalue weighted by Gasteiger charge is 2.15. The minimum Gasteiger partial charge on any atom is -0.348 e. The average molecular weight is 370 g/mol. The minimum atomic E-state index is -0.113. The number of nitrogens with one attached hydrogen (secondary N) is 1. The van der Waals surface area contributed by atoms with Crippen LogP contribution in [0.3, 0.4) is 0 Å². The summed E-state index contributed by atoms with van der Waals surface area (Å²) >= 11 is 1.63. The molecule has 3 aromatic rings. The molecule has 2 heterocycles. The summed E-state index contributed by atoms with van der Waals surface area (Å²) < 4.78 is 1.56. The Morgan fingerprint density at radius 1 is 1.31 bits per heavy atom. The molecule has 0 aliphatic carbocycles. The molecule has 136 valence electrons. The summed E-state index contributed by atoms with van der Waals surface area (Å²) in [5.41, 5.74) is 1.54. The van der Waals surface area contributed by atoms with Crippen LogP contribution in [0.2, 0.25) is 0 Å². The van der Waals surface area contributed by atoms with Crippen LogP contribution in [0.25, 0.3) is 10.9 Å². The van der Waals surface area contributed by atoms with E-state index in [1.807, 2.05) is 39.0 Å². The molecule has 0 saturated carbocycles. The van der Waals surface area contributed by atoms with Gasteiger partial charge in [0.2, 0.25) is 5.91 Å². The Hall–Kier alpha value is -2.54. The molecule has 0 bridgehead atoms. The summed E-state index contributed by atoms with van der Waals surface area (Å²) in [4.78, 5) is 34.5. The van der Waals surface area contributed by atoms with Crippen LogP contribution in [0.1, 0.15) is 41.4 Å². The fourth-order valence-electron chi connectivity index (χ4n) is 3.00. The lowest BCUT2D eigenvalue weighted by Gasteiger charge is -2.13. The fraction of sp³-hybridized carbons (Fsp3) is 0.368. The number of nitrogens with zero attached hydrogens (tertiary/aromatic N) is 3. The topological polar surface area (TPSA) is 76.9 Å². The number of aromatic nitrogens is 3. The van der Waals surface area contributed by atoms with Gasteiger partial charge >= 0.3 is 0 Å². The van der Waals surface area contributed by atoms with Gasteiger partial charge in [-0.15, -0.1) is 11.3 Å². The highest BCUT2D eigenvalue weighted by atomic mass is 32.1. The van der Waals surface area contributed by atoms with Crippen molar-refractivity contribution in [3.8, 4) is 0 Å². The van der Waals surface area contributed by atoms with E-state index in [9.17, 15) is 9.59 Å². The maximum atomic E-state index is 12.4. The number of rotatable bonds is 6. The van der Waals surface area contributed by atoms with E-state index in [2.05, 4.69) is 15.3 Å². The van der Waals surface area contributed by atoms with Crippen molar-refractivity contribution in [3.05, 3.63) is 56.5 Å². The predicted molar refractivity (Wildman–Crippen MR) is 103 cm³/mol. The molecule has 26 heavy (non-hydrogen) atoms. The molecule has 0 spiro atoms. The summed E-state index contributed by atoms with van der Waals surface area (Å²) in [6.45, 7) is 6.39. The van der Waals surface area contributed by atoms with E-state index in [-0.39, 0.29) is 17.5 Å². The van der Waals surface area contributed by atoms with Crippen LogP contribution in [-0.2, 0) is 11.3 Å². The maximum absolute atomic E-state index is 12.4. The van der Waals surface area contributed by atoms with Gasteiger partial charge in [0.1, 0.15) is 0 Å². The molecule has 0 fully saturated rings. The first-order chi connectivity index (χ1) is 12.5. The monoisotopic (exact) mass is 370 g/mol. The van der Waals surface area contributed by atoms with Crippen molar-refractivity contribution in [1.29, 1.82) is 0 Å². The zero-order valence-corrected chi connectivity index (χ0v) is 16.0. The van der Waals surface area contributed by atoms with Crippen LogP contribution in [-0.4, -0.2) is 20.4 Å². The van der Waals surface area contributed by atoms with Crippen molar-refractivity contribution in [1.82, 2.24) is 19.9 Å². The second-order valence-electron chi connectivity index (χ2n) is 6.33. The first-order valence-corrected chi connectivity index (χ1v) is 9.45. The Labute approximate surface area is 155 Å². The number of hydrogen-bond donors (Lipinski definition) is 1. The lowest BCUT2D eigenvalue weighted by Crippen LogP contribution is -2.28. The Morgan fingerprint density at radius 3 is 2.81 bits per heavy atom. The summed E-state index contributed by atoms with van der Waals surface area (Å²) in [6.07, 6.45) is 2.48. The van der Waals surface area contributed by atoms with Crippen LogP contribution >= 0.6 is 11.3 Å². The second kappa shape index (κ2) is 7.78. The van der Waals surface area contributed by atoms with Crippen molar-refractivity contribution >= 4 is 28.1 Å². The first-order valence-electron chi connectivity index (χ1n) is 8.63. The number of aryl methyl sites for hydroxylation is 3. The molecule has 3 rings (SSSR count). The lowest BCUT2D eigenvalue weighted by atomic mass is 10.2. The lowest BCUT2D eigenvalue weighted by molar-refractivity contribution is -0.121. The molecule has 1 atom stereocenters. The van der Waals surface area contributed by atoms with E-state index < -0.39 is 0 Å². The number of carbonyl (C=O) groups is 1. The Bertz CT molecular complexity index is 993. The largest absolute Gasteiger partial charge is 0.348 e. The fourth-order valence-corrected chi connectivity index (χ4v) is 3.92. The molecule has 0 unspecified atom stereocenters. The van der Waals surface area contributed by atoms with Crippen molar-refractivity contribution in [2.75, 3.05) is 0 Å². The van der Waals surface area contributed by atoms with Crippen LogP contribution in [0, 0.1) is 13.8 Å². The molecule has 1 aromatic carbocycles. The van der Waals surface area contributed by atoms with Crippen molar-refractivity contribution < 1.29 is 4.79 Å². The van der Waals surface area contributed by atoms with Gasteiger partial charge in [-0.1, -0.05) is 12.1 Å². The van der Waals surface area contributed by atoms with Crippen molar-refractivity contribution in [2.45, 2.75) is 46.2 Å². The number of carbonyl (C=O) groups excluding carboxylic acids is 1. The van der Waals surface area contributed by atoms with Crippen molar-refractivity contribution in [2.24, 2.45) is 0 Å². The number of benzene rings is 1. The highest BCUT2D eigenvalue weighted by molar-refractivity contribution is 7.11. The Morgan fingerprint density at radius 2 is 2.08 bits per heavy atom. The van der Waals surface area contributed by atoms with E-state index in [4.69, 9.17) is 0 Å². The van der Waals surface area contributed by atoms with Gasteiger partial charge in [-0.25, -0.2) is 9.97 Å². The summed E-state index contributed by atoms with van der Waals surface area (Å²) in [5, 5.41) is 4.58. The van der Waals surface area contributed by atoms with E-state index >= 15 is 0 Å². The van der Waals surface area contributed by atoms with Gasteiger partial charge < -0.3 is 5.32 Å². The summed E-state index contributed by atoms with van der Waals surface area (Å²) in [5.74, 6) is -0.0376. The molecule has 0 aliphatic heterocycles. The van der Waals surface area contributed by atoms with Crippen LogP contribution < -0.4 is 10.9 Å². The Kier molecular flexibility index (Phi) is 5.46. The minimum absolute atomic E-state index is 0.0376. The summed E-state index contributed by atoms with van der Waals surface area (Å²) in [6, 6.07) is 7.16. The van der Waals surface area contributed by atoms with E-state index in [1.165, 1.54) is 0 Å². The molecule has 2 aromatic heterocycles. The zero-order chi connectivity index (χ0) is 18.7. The molecule has 1 amide bonds. The standard InChI is InChI=1S/C19H22N4O2S/c1-12(18-13(2)26-14(3)22-18)21-17(24)9-6-10-23-11-20-16-8-5-4-7-15(16)19(23)25/h4-5,7-8,11-12H,6,9-10H2,1-3H3,(H,21,24)/t12-/m1/s1. The van der Waals surface area contributed by atoms with E-state index in [0.717, 1.165) is 15.6 Å². The molecule has 7 heteroatoms. The second-order valence-corrected chi connectivity index (χ2v) is 7.73. The first kappa shape index (κ1) is 18.3. The van der Waals surface area contributed by atoms with Crippen molar-refractivity contribution in [3.63, 3.8) is 0 Å². The SMILES string of the molecule is Cc1nc([C@@H](C)NC(=O)CCCn2cnc3ccccc3c2=O)c(C)s1. The smallest absolute Gasteiger partial charge is 0.261 e. The molecule has 0 aliphatic rings. The molecular weight excluding hydrogens is 348 g/mol. The number of amides is 1. The number of thiazole rings is 1. The van der Waals surface area contributed by atoms with Gasteiger partial charge in [-0.05, 0) is 39.3 Å². The van der Waals surface area contributed by atoms with Crippen LogP contribution in [0.15, 0.2) is 35.4 Å². The van der Waals surface area contributed by atoms with E-state index in [1.54, 1.807) is 28.3 Å². The molecule has 6 nitrogen and oxygen atoms in total. The van der Waals surface area contributed by atoms with Gasteiger partial charge in [-0.2, -0.15) is 0 Å². The molecule has 0 saturated heterocycles. The third-order valence-corrected chi connectivity index (χ3v) is 5.16. The third-order valence-electron chi connectivity index (χ3n) is 4.26. The van der Waals surface area contributed by atoms with Crippen LogP contribution in [0.5, 0.6) is 0 Å². The number of hydrogen-bond acceptors (Lipinski definition) is 5. The van der Waals surface area contributed by atoms with Crippen LogP contribution in [0.4, 0.5) is 0 Å². The highest BCUT2D eigenvalue weighted by Crippen LogP contribution is 2.22. The molecular formula is C19H22N4O2S. The zero-order valence-electron chi connectivity index (χ0n) is 15.2. The quantitative estimate of drug-likeness (QED) is 0.723. The van der Waals surface area contributed by atoms with Gasteiger partial charge in [0.15, 0.2) is 0 Å². The predicted octanol–water partition coefficient (Wildman–Crippen LogP) is 3.13. The van der Waals surface area contributed by atoms with Gasteiger partial charge in [-0.3, -0.25) is 14.2 Å². The summed E-state index contributed by atoms with van der Waals surface area (Å²) in [7, 11) is 0. The molecule has 1 N–H and O–H groups in total. The van der Waals surface area contributed by atoms with Gasteiger partial charge in [0.25, 0.3) is 5.56 Å². The van der Waals surface area contributed by atoms with Gasteiger partial charge in [0, 0.05) is 17.8 Å². The number of fused-ring (bicyclic) bond motifs is 1. The molecule has 0 radical (unpaired) electrons. The Balaban J connectivity index is 1.56. The average Bonchev–Trinajstić information content (AvgIpc) is 2.95. The maximum Gasteiger partial charge on any atom is 0.261 e. The van der Waals surface area contributed by atoms with E-state index in [0.29, 0.717) is 30.3 Å². The number of para-hydroxylation sites is 1. The van der Waals surface area contributed by atoms with Gasteiger partial charge in [0.05, 0.1) is 34.0 Å². The normalized spacial score (nSPS) is 12.3.